The third-order valence-corrected chi connectivity index (χ3v) is 11.6. The van der Waals surface area contributed by atoms with Gasteiger partial charge in [0, 0.05) is 23.5 Å². The summed E-state index contributed by atoms with van der Waals surface area (Å²) in [4.78, 5) is 30.4. The monoisotopic (exact) mass is 769 g/mol. The highest BCUT2D eigenvalue weighted by Gasteiger charge is 2.36. The summed E-state index contributed by atoms with van der Waals surface area (Å²) in [5.74, 6) is -0.843. The van der Waals surface area contributed by atoms with Crippen molar-refractivity contribution in [3.63, 3.8) is 0 Å². The van der Waals surface area contributed by atoms with Gasteiger partial charge in [-0.2, -0.15) is 0 Å². The van der Waals surface area contributed by atoms with Crippen molar-refractivity contribution in [1.82, 2.24) is 10.2 Å². The van der Waals surface area contributed by atoms with Crippen molar-refractivity contribution in [1.29, 1.82) is 0 Å². The van der Waals surface area contributed by atoms with E-state index in [0.29, 0.717) is 0 Å². The first-order chi connectivity index (χ1) is 23.0. The van der Waals surface area contributed by atoms with Crippen molar-refractivity contribution < 1.29 is 18.0 Å². The average Bonchev–Trinajstić information content (AvgIpc) is 3.07. The van der Waals surface area contributed by atoms with Crippen LogP contribution in [0.15, 0.2) is 106 Å². The minimum Gasteiger partial charge on any atom is -0.352 e. The van der Waals surface area contributed by atoms with Gasteiger partial charge in [-0.1, -0.05) is 125 Å². The highest BCUT2D eigenvalue weighted by atomic mass is 79.9. The number of amides is 2. The van der Waals surface area contributed by atoms with Crippen LogP contribution in [0.5, 0.6) is 0 Å². The second-order valence-electron chi connectivity index (χ2n) is 12.1. The molecule has 1 fully saturated rings. The number of nitrogens with one attached hydrogen (secondary N) is 1. The highest BCUT2D eigenvalue weighted by Crippen LogP contribution is 2.36. The van der Waals surface area contributed by atoms with Gasteiger partial charge in [0.25, 0.3) is 10.0 Å². The highest BCUT2D eigenvalue weighted by molar-refractivity contribution is 9.10. The van der Waals surface area contributed by atoms with E-state index in [0.717, 1.165) is 57.6 Å². The summed E-state index contributed by atoms with van der Waals surface area (Å²) in [6, 6.07) is 27.1. The predicted molar refractivity (Wildman–Crippen MR) is 196 cm³/mol. The number of rotatable bonds is 12. The number of hydrogen-bond acceptors (Lipinski definition) is 4. The van der Waals surface area contributed by atoms with Gasteiger partial charge in [0.1, 0.15) is 12.6 Å². The summed E-state index contributed by atoms with van der Waals surface area (Å²) in [5, 5.41) is 3.36. The van der Waals surface area contributed by atoms with Gasteiger partial charge in [-0.25, -0.2) is 8.42 Å². The molecule has 48 heavy (non-hydrogen) atoms. The van der Waals surface area contributed by atoms with E-state index in [2.05, 4.69) is 21.2 Å². The minimum atomic E-state index is -4.31. The van der Waals surface area contributed by atoms with Crippen molar-refractivity contribution in [3.05, 3.63) is 128 Å². The summed E-state index contributed by atoms with van der Waals surface area (Å²) in [5.41, 5.74) is 2.59. The normalized spacial score (nSPS) is 14.2. The zero-order valence-corrected chi connectivity index (χ0v) is 30.5. The van der Waals surface area contributed by atoms with Crippen molar-refractivity contribution >= 4 is 66.7 Å². The van der Waals surface area contributed by atoms with Crippen LogP contribution >= 0.6 is 39.1 Å². The van der Waals surface area contributed by atoms with Crippen molar-refractivity contribution in [2.45, 2.75) is 69.0 Å². The third-order valence-electron chi connectivity index (χ3n) is 8.55. The maximum absolute atomic E-state index is 14.7. The Hall–Kier alpha value is -3.37. The maximum Gasteiger partial charge on any atom is 0.264 e. The number of benzene rings is 4. The van der Waals surface area contributed by atoms with Crippen LogP contribution in [0.25, 0.3) is 0 Å². The van der Waals surface area contributed by atoms with E-state index < -0.39 is 28.5 Å². The zero-order chi connectivity index (χ0) is 34.3. The molecule has 5 rings (SSSR count). The van der Waals surface area contributed by atoms with Gasteiger partial charge in [-0.3, -0.25) is 13.9 Å². The summed E-state index contributed by atoms with van der Waals surface area (Å²) in [6.07, 6.45) is 5.17. The molecular weight excluding hydrogens is 733 g/mol. The van der Waals surface area contributed by atoms with Gasteiger partial charge in [0.05, 0.1) is 20.6 Å². The molecule has 0 saturated heterocycles. The van der Waals surface area contributed by atoms with Crippen molar-refractivity contribution in [2.24, 2.45) is 0 Å². The van der Waals surface area contributed by atoms with E-state index in [9.17, 15) is 18.0 Å². The predicted octanol–water partition coefficient (Wildman–Crippen LogP) is 8.35. The number of aryl methyl sites for hydroxylation is 1. The molecule has 1 saturated carbocycles. The molecule has 0 spiro atoms. The van der Waals surface area contributed by atoms with E-state index in [4.69, 9.17) is 23.2 Å². The van der Waals surface area contributed by atoms with Crippen molar-refractivity contribution in [3.8, 4) is 0 Å². The topological polar surface area (TPSA) is 86.8 Å². The summed E-state index contributed by atoms with van der Waals surface area (Å²) < 4.78 is 30.4. The van der Waals surface area contributed by atoms with Gasteiger partial charge < -0.3 is 10.2 Å². The Bertz CT molecular complexity index is 1840. The average molecular weight is 772 g/mol. The largest absolute Gasteiger partial charge is 0.352 e. The molecular formula is C37H38BrCl2N3O4S. The molecule has 11 heteroatoms. The van der Waals surface area contributed by atoms with E-state index in [1.807, 2.05) is 61.5 Å². The van der Waals surface area contributed by atoms with Gasteiger partial charge in [0.2, 0.25) is 11.8 Å². The number of hydrogen-bond donors (Lipinski definition) is 1. The Balaban J connectivity index is 1.59. The Kier molecular flexibility index (Phi) is 12.2. The smallest absolute Gasteiger partial charge is 0.264 e. The van der Waals surface area contributed by atoms with Crippen LogP contribution in [0, 0.1) is 6.92 Å². The minimum absolute atomic E-state index is 0.00271. The number of carbonyl (C=O) groups is 2. The molecule has 4 aromatic carbocycles. The van der Waals surface area contributed by atoms with Crippen LogP contribution in [0.4, 0.5) is 5.69 Å². The standard InChI is InChI=1S/C37H38BrCl2N3O4S/c1-26-18-20-31(21-19-26)48(46,47)43(33-17-9-16-32(39)36(33)40)25-35(44)42(24-28-12-8-13-29(38)22-28)34(23-27-10-4-2-5-11-27)37(45)41-30-14-6-3-7-15-30/h2,4-5,8-13,16-22,30,34H,3,6-7,14-15,23-25H2,1H3,(H,41,45)/t34-/m1/s1. The Morgan fingerprint density at radius 3 is 2.23 bits per heavy atom. The molecule has 0 heterocycles. The molecule has 4 aromatic rings. The Morgan fingerprint density at radius 1 is 0.875 bits per heavy atom. The lowest BCUT2D eigenvalue weighted by molar-refractivity contribution is -0.140. The van der Waals surface area contributed by atoms with Gasteiger partial charge >= 0.3 is 0 Å². The van der Waals surface area contributed by atoms with E-state index >= 15 is 0 Å². The number of nitrogens with zero attached hydrogens (tertiary/aromatic N) is 2. The quantitative estimate of drug-likeness (QED) is 0.157. The fourth-order valence-electron chi connectivity index (χ4n) is 5.97. The second kappa shape index (κ2) is 16.4. The lowest BCUT2D eigenvalue weighted by Gasteiger charge is -2.35. The number of halogens is 3. The fourth-order valence-corrected chi connectivity index (χ4v) is 8.29. The summed E-state index contributed by atoms with van der Waals surface area (Å²) in [6.45, 7) is 1.30. The molecule has 252 valence electrons. The fraction of sp³-hybridized carbons (Fsp3) is 0.297. The first-order valence-electron chi connectivity index (χ1n) is 15.9. The molecule has 7 nitrogen and oxygen atoms in total. The maximum atomic E-state index is 14.7. The molecule has 1 N–H and O–H groups in total. The molecule has 0 radical (unpaired) electrons. The molecule has 0 bridgehead atoms. The number of carbonyl (C=O) groups excluding carboxylic acids is 2. The SMILES string of the molecule is Cc1ccc(S(=O)(=O)N(CC(=O)N(Cc2cccc(Br)c2)[C@H](Cc2ccccc2)C(=O)NC2CCCCC2)c2cccc(Cl)c2Cl)cc1. The molecule has 1 aliphatic rings. The van der Waals surface area contributed by atoms with E-state index in [1.165, 1.54) is 23.1 Å². The van der Waals surface area contributed by atoms with Gasteiger partial charge in [-0.05, 0) is 67.3 Å². The molecule has 0 aromatic heterocycles. The van der Waals surface area contributed by atoms with E-state index in [1.54, 1.807) is 24.3 Å². The molecule has 1 atom stereocenters. The molecule has 1 aliphatic carbocycles. The van der Waals surface area contributed by atoms with Crippen LogP contribution < -0.4 is 9.62 Å². The number of anilines is 1. The summed E-state index contributed by atoms with van der Waals surface area (Å²) >= 11 is 16.5. The summed E-state index contributed by atoms with van der Waals surface area (Å²) in [7, 11) is -4.31. The second-order valence-corrected chi connectivity index (χ2v) is 15.7. The molecule has 0 aliphatic heterocycles. The molecule has 0 unspecified atom stereocenters. The van der Waals surface area contributed by atoms with Crippen LogP contribution in [0.3, 0.4) is 0 Å². The first-order valence-corrected chi connectivity index (χ1v) is 18.9. The van der Waals surface area contributed by atoms with Gasteiger partial charge in [0.15, 0.2) is 0 Å². The lowest BCUT2D eigenvalue weighted by atomic mass is 9.94. The lowest BCUT2D eigenvalue weighted by Crippen LogP contribution is -2.55. The Morgan fingerprint density at radius 2 is 1.54 bits per heavy atom. The van der Waals surface area contributed by atoms with E-state index in [-0.39, 0.29) is 45.5 Å². The number of sulfonamides is 1. The van der Waals surface area contributed by atoms with Crippen molar-refractivity contribution in [2.75, 3.05) is 10.8 Å². The van der Waals surface area contributed by atoms with Gasteiger partial charge in [-0.15, -0.1) is 0 Å². The first kappa shape index (κ1) is 35.9. The van der Waals surface area contributed by atoms with Crippen LogP contribution in [0.1, 0.15) is 48.8 Å². The third kappa shape index (κ3) is 8.99. The van der Waals surface area contributed by atoms with Crippen LogP contribution in [0.2, 0.25) is 10.0 Å². The molecule has 2 amide bonds. The van der Waals surface area contributed by atoms with Crippen LogP contribution in [-0.4, -0.2) is 43.8 Å². The zero-order valence-electron chi connectivity index (χ0n) is 26.6. The Labute approximate surface area is 301 Å². The van der Waals surface area contributed by atoms with Crippen LogP contribution in [-0.2, 0) is 32.6 Å².